The number of hydrogen-bond donors (Lipinski definition) is 2. The van der Waals surface area contributed by atoms with E-state index < -0.39 is 11.8 Å². The molecule has 0 amide bonds. The second-order valence-corrected chi connectivity index (χ2v) is 4.21. The average molecular weight is 285 g/mol. The highest BCUT2D eigenvalue weighted by Crippen LogP contribution is 2.18. The summed E-state index contributed by atoms with van der Waals surface area (Å²) in [7, 11) is 1.62. The fourth-order valence-corrected chi connectivity index (χ4v) is 1.69. The van der Waals surface area contributed by atoms with E-state index in [1.54, 1.807) is 13.2 Å². The van der Waals surface area contributed by atoms with Crippen LogP contribution in [0.4, 0.5) is 10.1 Å². The van der Waals surface area contributed by atoms with Crippen LogP contribution in [0.15, 0.2) is 18.2 Å². The fourth-order valence-electron chi connectivity index (χ4n) is 1.69. The van der Waals surface area contributed by atoms with Crippen LogP contribution in [-0.4, -0.2) is 44.6 Å². The van der Waals surface area contributed by atoms with Crippen molar-refractivity contribution >= 4 is 11.7 Å². The molecule has 0 spiro atoms. The van der Waals surface area contributed by atoms with Gasteiger partial charge in [0.05, 0.1) is 18.9 Å². The molecule has 0 heterocycles. The molecule has 112 valence electrons. The molecule has 0 aliphatic rings. The van der Waals surface area contributed by atoms with Crippen LogP contribution >= 0.6 is 0 Å². The Morgan fingerprint density at radius 3 is 2.80 bits per heavy atom. The lowest BCUT2D eigenvalue weighted by atomic mass is 10.1. The Morgan fingerprint density at radius 2 is 2.10 bits per heavy atom. The van der Waals surface area contributed by atoms with E-state index in [9.17, 15) is 9.18 Å². The molecule has 20 heavy (non-hydrogen) atoms. The van der Waals surface area contributed by atoms with Crippen LogP contribution in [0.5, 0.6) is 0 Å². The molecule has 0 fully saturated rings. The molecule has 0 aromatic heterocycles. The predicted octanol–water partition coefficient (Wildman–Crippen LogP) is 2.38. The normalized spacial score (nSPS) is 10.5. The maximum atomic E-state index is 13.4. The molecular weight excluding hydrogens is 265 g/mol. The fraction of sp³-hybridized carbons (Fsp3) is 0.500. The number of unbranched alkanes of at least 4 members (excludes halogenated alkanes) is 1. The van der Waals surface area contributed by atoms with Crippen molar-refractivity contribution in [3.05, 3.63) is 29.6 Å². The van der Waals surface area contributed by atoms with Gasteiger partial charge in [0.15, 0.2) is 0 Å². The van der Waals surface area contributed by atoms with E-state index in [0.717, 1.165) is 18.9 Å². The van der Waals surface area contributed by atoms with Gasteiger partial charge in [-0.05, 0) is 25.0 Å². The summed E-state index contributed by atoms with van der Waals surface area (Å²) in [6.07, 6.45) is 1.65. The van der Waals surface area contributed by atoms with E-state index in [2.05, 4.69) is 5.32 Å². The number of carboxylic acids is 1. The average Bonchev–Trinajstić information content (AvgIpc) is 2.41. The van der Waals surface area contributed by atoms with Crippen LogP contribution in [0.2, 0.25) is 0 Å². The number of rotatable bonds is 10. The minimum atomic E-state index is -1.27. The van der Waals surface area contributed by atoms with Gasteiger partial charge in [-0.3, -0.25) is 0 Å². The van der Waals surface area contributed by atoms with Gasteiger partial charge in [-0.15, -0.1) is 0 Å². The monoisotopic (exact) mass is 285 g/mol. The molecule has 0 aliphatic carbocycles. The maximum Gasteiger partial charge on any atom is 0.340 e. The maximum absolute atomic E-state index is 13.4. The Morgan fingerprint density at radius 1 is 1.30 bits per heavy atom. The zero-order valence-corrected chi connectivity index (χ0v) is 11.5. The number of anilines is 1. The van der Waals surface area contributed by atoms with E-state index >= 15 is 0 Å². The van der Waals surface area contributed by atoms with E-state index in [0.29, 0.717) is 32.1 Å². The molecule has 0 aliphatic heterocycles. The molecule has 2 N–H and O–H groups in total. The standard InChI is InChI=1S/C14H20FNO4/c1-19-9-10-20-8-3-2-7-16-12-6-4-5-11(15)13(12)14(17)18/h4-6,16H,2-3,7-10H2,1H3,(H,17,18). The molecular formula is C14H20FNO4. The van der Waals surface area contributed by atoms with Crippen molar-refractivity contribution in [2.45, 2.75) is 12.8 Å². The number of hydrogen-bond acceptors (Lipinski definition) is 4. The molecule has 0 atom stereocenters. The first-order valence-corrected chi connectivity index (χ1v) is 6.49. The molecule has 1 aromatic rings. The summed E-state index contributed by atoms with van der Waals surface area (Å²) in [4.78, 5) is 11.0. The Bertz CT molecular complexity index is 426. The highest BCUT2D eigenvalue weighted by molar-refractivity contribution is 5.94. The number of aromatic carboxylic acids is 1. The van der Waals surface area contributed by atoms with Gasteiger partial charge in [-0.2, -0.15) is 0 Å². The topological polar surface area (TPSA) is 67.8 Å². The van der Waals surface area contributed by atoms with E-state index in [1.165, 1.54) is 6.07 Å². The third-order valence-electron chi connectivity index (χ3n) is 2.69. The van der Waals surface area contributed by atoms with Crippen molar-refractivity contribution in [2.24, 2.45) is 0 Å². The number of carboxylic acid groups (broad SMARTS) is 1. The summed E-state index contributed by atoms with van der Waals surface area (Å²) in [5, 5.41) is 11.9. The highest BCUT2D eigenvalue weighted by atomic mass is 19.1. The molecule has 5 nitrogen and oxygen atoms in total. The van der Waals surface area contributed by atoms with Gasteiger partial charge in [0.2, 0.25) is 0 Å². The number of methoxy groups -OCH3 is 1. The van der Waals surface area contributed by atoms with E-state index in [1.807, 2.05) is 0 Å². The van der Waals surface area contributed by atoms with Gasteiger partial charge in [0, 0.05) is 20.3 Å². The first-order valence-electron chi connectivity index (χ1n) is 6.49. The third-order valence-corrected chi connectivity index (χ3v) is 2.69. The van der Waals surface area contributed by atoms with E-state index in [-0.39, 0.29) is 5.56 Å². The number of nitrogens with one attached hydrogen (secondary N) is 1. The molecule has 1 aromatic carbocycles. The summed E-state index contributed by atoms with van der Waals surface area (Å²) in [6, 6.07) is 4.18. The first kappa shape index (κ1) is 16.4. The van der Waals surface area contributed by atoms with Gasteiger partial charge in [0.1, 0.15) is 11.4 Å². The second kappa shape index (κ2) is 9.28. The van der Waals surface area contributed by atoms with Crippen LogP contribution < -0.4 is 5.32 Å². The first-order chi connectivity index (χ1) is 9.66. The van der Waals surface area contributed by atoms with Gasteiger partial charge in [0.25, 0.3) is 0 Å². The Hall–Kier alpha value is -1.66. The summed E-state index contributed by atoms with van der Waals surface area (Å²) in [6.45, 7) is 2.33. The van der Waals surface area contributed by atoms with Gasteiger partial charge in [-0.25, -0.2) is 9.18 Å². The van der Waals surface area contributed by atoms with Crippen LogP contribution in [0.25, 0.3) is 0 Å². The third kappa shape index (κ3) is 5.54. The van der Waals surface area contributed by atoms with Crippen LogP contribution in [0, 0.1) is 5.82 Å². The zero-order chi connectivity index (χ0) is 14.8. The Kier molecular flexibility index (Phi) is 7.60. The molecule has 6 heteroatoms. The lowest BCUT2D eigenvalue weighted by Gasteiger charge is -2.10. The van der Waals surface area contributed by atoms with Crippen molar-refractivity contribution in [3.8, 4) is 0 Å². The van der Waals surface area contributed by atoms with Crippen LogP contribution in [0.1, 0.15) is 23.2 Å². The van der Waals surface area contributed by atoms with Gasteiger partial charge in [-0.1, -0.05) is 6.07 Å². The minimum absolute atomic E-state index is 0.304. The van der Waals surface area contributed by atoms with Crippen molar-refractivity contribution < 1.29 is 23.8 Å². The quantitative estimate of drug-likeness (QED) is 0.646. The summed E-state index contributed by atoms with van der Waals surface area (Å²) in [5.74, 6) is -2.00. The Balaban J connectivity index is 2.29. The highest BCUT2D eigenvalue weighted by Gasteiger charge is 2.14. The van der Waals surface area contributed by atoms with Gasteiger partial charge < -0.3 is 19.9 Å². The number of halogens is 1. The summed E-state index contributed by atoms with van der Waals surface area (Å²) in [5.41, 5.74) is -0.0124. The van der Waals surface area contributed by atoms with Crippen molar-refractivity contribution in [2.75, 3.05) is 38.8 Å². The lowest BCUT2D eigenvalue weighted by molar-refractivity contribution is 0.0689. The number of ether oxygens (including phenoxy) is 2. The Labute approximate surface area is 117 Å². The molecule has 0 bridgehead atoms. The van der Waals surface area contributed by atoms with Crippen molar-refractivity contribution in [1.82, 2.24) is 0 Å². The SMILES string of the molecule is COCCOCCCCNc1cccc(F)c1C(=O)O. The molecule has 0 saturated heterocycles. The van der Waals surface area contributed by atoms with Crippen LogP contribution in [-0.2, 0) is 9.47 Å². The largest absolute Gasteiger partial charge is 0.478 e. The van der Waals surface area contributed by atoms with E-state index in [4.69, 9.17) is 14.6 Å². The second-order valence-electron chi connectivity index (χ2n) is 4.21. The van der Waals surface area contributed by atoms with Crippen molar-refractivity contribution in [1.29, 1.82) is 0 Å². The number of carbonyl (C=O) groups is 1. The molecule has 0 radical (unpaired) electrons. The minimum Gasteiger partial charge on any atom is -0.478 e. The number of benzene rings is 1. The molecule has 0 unspecified atom stereocenters. The zero-order valence-electron chi connectivity index (χ0n) is 11.5. The lowest BCUT2D eigenvalue weighted by Crippen LogP contribution is -2.10. The molecule has 0 saturated carbocycles. The molecule has 1 rings (SSSR count). The smallest absolute Gasteiger partial charge is 0.340 e. The summed E-state index contributed by atoms with van der Waals surface area (Å²) < 4.78 is 23.5. The summed E-state index contributed by atoms with van der Waals surface area (Å²) >= 11 is 0. The van der Waals surface area contributed by atoms with Crippen molar-refractivity contribution in [3.63, 3.8) is 0 Å². The predicted molar refractivity (Wildman–Crippen MR) is 73.8 cm³/mol. The van der Waals surface area contributed by atoms with Crippen LogP contribution in [0.3, 0.4) is 0 Å². The van der Waals surface area contributed by atoms with Gasteiger partial charge >= 0.3 is 5.97 Å².